The van der Waals surface area contributed by atoms with Crippen molar-refractivity contribution in [1.29, 1.82) is 5.26 Å². The van der Waals surface area contributed by atoms with Crippen LogP contribution in [0.2, 0.25) is 0 Å². The zero-order chi connectivity index (χ0) is 21.9. The average Bonchev–Trinajstić information content (AvgIpc) is 3.06. The van der Waals surface area contributed by atoms with Gasteiger partial charge >= 0.3 is 6.09 Å². The first kappa shape index (κ1) is 21.6. The average molecular weight is 418 g/mol. The minimum absolute atomic E-state index is 0.0813. The van der Waals surface area contributed by atoms with Gasteiger partial charge in [0.05, 0.1) is 23.9 Å². The quantitative estimate of drug-likeness (QED) is 0.744. The zero-order valence-electron chi connectivity index (χ0n) is 17.2. The Hall–Kier alpha value is -3.15. The van der Waals surface area contributed by atoms with Gasteiger partial charge in [0.15, 0.2) is 0 Å². The van der Waals surface area contributed by atoms with E-state index in [4.69, 9.17) is 14.7 Å². The molecule has 0 bridgehead atoms. The molecule has 9 heteroatoms. The number of nitriles is 1. The molecule has 160 valence electrons. The summed E-state index contributed by atoms with van der Waals surface area (Å²) in [4.78, 5) is 13.8. The lowest BCUT2D eigenvalue weighted by molar-refractivity contribution is 0.0184. The maximum absolute atomic E-state index is 14.2. The molecule has 1 saturated heterocycles. The number of amides is 1. The van der Waals surface area contributed by atoms with E-state index in [9.17, 15) is 13.6 Å². The standard InChI is InChI=1S/C21H24F2N4O3/c1-21(2,3)30-20(28)26-8-6-16(7-9-26)27-12-18(23)19(25-27)29-13-15-5-4-14(11-24)10-17(15)22/h4-5,10,12,16H,6-9,13H2,1-3H3. The smallest absolute Gasteiger partial charge is 0.410 e. The maximum Gasteiger partial charge on any atom is 0.410 e. The SMILES string of the molecule is CC(C)(C)OC(=O)N1CCC(n2cc(F)c(OCc3ccc(C#N)cc3F)n2)CC1. The fourth-order valence-electron chi connectivity index (χ4n) is 3.16. The first-order valence-electron chi connectivity index (χ1n) is 9.70. The molecule has 2 aromatic rings. The van der Waals surface area contributed by atoms with E-state index < -0.39 is 17.2 Å². The summed E-state index contributed by atoms with van der Waals surface area (Å²) in [6.07, 6.45) is 2.09. The van der Waals surface area contributed by atoms with E-state index in [0.717, 1.165) is 6.07 Å². The highest BCUT2D eigenvalue weighted by molar-refractivity contribution is 5.68. The van der Waals surface area contributed by atoms with Crippen LogP contribution in [-0.4, -0.2) is 39.5 Å². The van der Waals surface area contributed by atoms with Gasteiger partial charge in [-0.15, -0.1) is 5.10 Å². The zero-order valence-corrected chi connectivity index (χ0v) is 17.2. The molecule has 2 heterocycles. The molecule has 1 aliphatic rings. The van der Waals surface area contributed by atoms with E-state index in [-0.39, 0.29) is 35.7 Å². The van der Waals surface area contributed by atoms with E-state index >= 15 is 0 Å². The monoisotopic (exact) mass is 418 g/mol. The van der Waals surface area contributed by atoms with Crippen LogP contribution in [-0.2, 0) is 11.3 Å². The van der Waals surface area contributed by atoms with Crippen LogP contribution in [0, 0.1) is 23.0 Å². The van der Waals surface area contributed by atoms with E-state index in [1.165, 1.54) is 23.0 Å². The van der Waals surface area contributed by atoms with Gasteiger partial charge < -0.3 is 14.4 Å². The fourth-order valence-corrected chi connectivity index (χ4v) is 3.16. The molecular weight excluding hydrogens is 394 g/mol. The summed E-state index contributed by atoms with van der Waals surface area (Å²) in [7, 11) is 0. The lowest BCUT2D eigenvalue weighted by Gasteiger charge is -2.33. The van der Waals surface area contributed by atoms with Crippen LogP contribution in [0.25, 0.3) is 0 Å². The van der Waals surface area contributed by atoms with Crippen LogP contribution in [0.5, 0.6) is 5.88 Å². The van der Waals surface area contributed by atoms with Crippen molar-refractivity contribution in [3.8, 4) is 11.9 Å². The summed E-state index contributed by atoms with van der Waals surface area (Å²) in [6.45, 7) is 6.20. The van der Waals surface area contributed by atoms with Crippen LogP contribution >= 0.6 is 0 Å². The second-order valence-electron chi connectivity index (χ2n) is 8.17. The van der Waals surface area contributed by atoms with Gasteiger partial charge in [-0.05, 0) is 45.7 Å². The second-order valence-corrected chi connectivity index (χ2v) is 8.17. The molecule has 0 N–H and O–H groups in total. The van der Waals surface area contributed by atoms with Crippen molar-refractivity contribution >= 4 is 6.09 Å². The molecule has 1 fully saturated rings. The minimum atomic E-state index is -0.640. The Kier molecular flexibility index (Phi) is 6.25. The number of ether oxygens (including phenoxy) is 2. The first-order chi connectivity index (χ1) is 14.2. The van der Waals surface area contributed by atoms with Gasteiger partial charge in [0.2, 0.25) is 5.82 Å². The van der Waals surface area contributed by atoms with Gasteiger partial charge in [0.25, 0.3) is 5.88 Å². The molecule has 0 unspecified atom stereocenters. The summed E-state index contributed by atoms with van der Waals surface area (Å²) in [5.74, 6) is -1.45. The summed E-state index contributed by atoms with van der Waals surface area (Å²) >= 11 is 0. The molecule has 1 aliphatic heterocycles. The Bertz CT molecular complexity index is 954. The van der Waals surface area contributed by atoms with Crippen molar-refractivity contribution in [2.45, 2.75) is 51.9 Å². The van der Waals surface area contributed by atoms with Gasteiger partial charge in [0, 0.05) is 18.7 Å². The number of piperidine rings is 1. The highest BCUT2D eigenvalue weighted by Crippen LogP contribution is 2.26. The summed E-state index contributed by atoms with van der Waals surface area (Å²) in [5.41, 5.74) is -0.155. The van der Waals surface area contributed by atoms with Crippen LogP contribution in [0.3, 0.4) is 0 Å². The third kappa shape index (κ3) is 5.26. The predicted molar refractivity (Wildman–Crippen MR) is 104 cm³/mol. The Balaban J connectivity index is 1.58. The molecule has 0 aliphatic carbocycles. The van der Waals surface area contributed by atoms with E-state index in [1.807, 2.05) is 26.8 Å². The summed E-state index contributed by atoms with van der Waals surface area (Å²) in [5, 5.41) is 12.9. The Morgan fingerprint density at radius 3 is 2.57 bits per heavy atom. The third-order valence-corrected chi connectivity index (χ3v) is 4.69. The van der Waals surface area contributed by atoms with Crippen LogP contribution in [0.15, 0.2) is 24.4 Å². The molecule has 0 atom stereocenters. The molecule has 0 spiro atoms. The molecule has 30 heavy (non-hydrogen) atoms. The van der Waals surface area contributed by atoms with Crippen molar-refractivity contribution in [1.82, 2.24) is 14.7 Å². The van der Waals surface area contributed by atoms with Gasteiger partial charge in [0.1, 0.15) is 18.0 Å². The number of hydrogen-bond donors (Lipinski definition) is 0. The largest absolute Gasteiger partial charge is 0.470 e. The highest BCUT2D eigenvalue weighted by atomic mass is 19.1. The second kappa shape index (κ2) is 8.69. The molecule has 1 amide bonds. The summed E-state index contributed by atoms with van der Waals surface area (Å²) in [6, 6.07) is 5.76. The van der Waals surface area contributed by atoms with E-state index in [2.05, 4.69) is 5.10 Å². The predicted octanol–water partition coefficient (Wildman–Crippen LogP) is 4.18. The number of carbonyl (C=O) groups is 1. The fraction of sp³-hybridized carbons (Fsp3) is 0.476. The lowest BCUT2D eigenvalue weighted by atomic mass is 10.1. The molecule has 1 aromatic heterocycles. The van der Waals surface area contributed by atoms with Gasteiger partial charge in [-0.25, -0.2) is 9.18 Å². The number of benzene rings is 1. The Morgan fingerprint density at radius 1 is 1.27 bits per heavy atom. The van der Waals surface area contributed by atoms with Crippen molar-refractivity contribution in [2.75, 3.05) is 13.1 Å². The number of aromatic nitrogens is 2. The van der Waals surface area contributed by atoms with Crippen molar-refractivity contribution in [2.24, 2.45) is 0 Å². The van der Waals surface area contributed by atoms with Crippen molar-refractivity contribution < 1.29 is 23.0 Å². The third-order valence-electron chi connectivity index (χ3n) is 4.69. The van der Waals surface area contributed by atoms with Crippen molar-refractivity contribution in [3.63, 3.8) is 0 Å². The number of hydrogen-bond acceptors (Lipinski definition) is 5. The number of nitrogens with zero attached hydrogens (tertiary/aromatic N) is 4. The molecule has 1 aromatic carbocycles. The van der Waals surface area contributed by atoms with Gasteiger partial charge in [-0.2, -0.15) is 9.65 Å². The van der Waals surface area contributed by atoms with Gasteiger partial charge in [-0.3, -0.25) is 4.68 Å². The van der Waals surface area contributed by atoms with Crippen molar-refractivity contribution in [3.05, 3.63) is 47.2 Å². The van der Waals surface area contributed by atoms with E-state index in [0.29, 0.717) is 25.9 Å². The molecular formula is C21H24F2N4O3. The van der Waals surface area contributed by atoms with E-state index in [1.54, 1.807) is 4.90 Å². The number of carbonyl (C=O) groups excluding carboxylic acids is 1. The van der Waals surface area contributed by atoms with Crippen LogP contribution in [0.1, 0.15) is 50.8 Å². The normalized spacial score (nSPS) is 15.0. The molecule has 0 saturated carbocycles. The molecule has 7 nitrogen and oxygen atoms in total. The first-order valence-corrected chi connectivity index (χ1v) is 9.70. The number of rotatable bonds is 4. The Labute approximate surface area is 173 Å². The number of halogens is 2. The minimum Gasteiger partial charge on any atom is -0.470 e. The Morgan fingerprint density at radius 2 is 1.97 bits per heavy atom. The topological polar surface area (TPSA) is 80.4 Å². The maximum atomic E-state index is 14.2. The lowest BCUT2D eigenvalue weighted by Crippen LogP contribution is -2.42. The molecule has 3 rings (SSSR count). The number of likely N-dealkylation sites (tertiary alicyclic amines) is 1. The highest BCUT2D eigenvalue weighted by Gasteiger charge is 2.28. The molecule has 0 radical (unpaired) electrons. The van der Waals surface area contributed by atoms with Crippen LogP contribution < -0.4 is 4.74 Å². The summed E-state index contributed by atoms with van der Waals surface area (Å²) < 4.78 is 40.4. The van der Waals surface area contributed by atoms with Crippen LogP contribution in [0.4, 0.5) is 13.6 Å². The van der Waals surface area contributed by atoms with Gasteiger partial charge in [-0.1, -0.05) is 6.07 Å².